The van der Waals surface area contributed by atoms with E-state index in [4.69, 9.17) is 0 Å². The number of rotatable bonds is 9. The number of aliphatic hydroxyl groups is 1. The number of thiazole rings is 1. The molecule has 16 heteroatoms. The summed E-state index contributed by atoms with van der Waals surface area (Å²) in [6.45, 7) is 4.78. The minimum absolute atomic E-state index is 0.285. The van der Waals surface area contributed by atoms with Crippen molar-refractivity contribution >= 4 is 29.0 Å². The summed E-state index contributed by atoms with van der Waals surface area (Å²) in [5, 5.41) is 14.5. The van der Waals surface area contributed by atoms with Crippen molar-refractivity contribution in [3.8, 4) is 10.4 Å². The van der Waals surface area contributed by atoms with Gasteiger partial charge >= 0.3 is 6.18 Å². The fraction of sp³-hybridized carbons (Fsp3) is 0.615. The van der Waals surface area contributed by atoms with E-state index >= 15 is 0 Å². The molecule has 2 aromatic heterocycles. The molecule has 0 unspecified atom stereocenters. The van der Waals surface area contributed by atoms with Gasteiger partial charge in [-0.2, -0.15) is 13.2 Å². The molecule has 2 amide bonds. The number of pyridine rings is 1. The lowest BCUT2D eigenvalue weighted by Gasteiger charge is -2.26. The highest BCUT2D eigenvalue weighted by Crippen LogP contribution is 2.43. The quantitative estimate of drug-likeness (QED) is 0.311. The second kappa shape index (κ2) is 11.2. The van der Waals surface area contributed by atoms with Crippen LogP contribution in [-0.2, 0) is 0 Å². The monoisotopic (exact) mass is 625 g/mol. The van der Waals surface area contributed by atoms with E-state index in [0.29, 0.717) is 24.2 Å². The van der Waals surface area contributed by atoms with Crippen LogP contribution in [0.5, 0.6) is 0 Å². The van der Waals surface area contributed by atoms with Crippen LogP contribution in [0.2, 0.25) is 0 Å². The Balaban J connectivity index is 1.77. The van der Waals surface area contributed by atoms with E-state index in [1.165, 1.54) is 27.7 Å². The van der Waals surface area contributed by atoms with Gasteiger partial charge in [-0.3, -0.25) is 9.59 Å². The van der Waals surface area contributed by atoms with Crippen LogP contribution in [0.1, 0.15) is 79.2 Å². The van der Waals surface area contributed by atoms with Gasteiger partial charge in [0.05, 0.1) is 23.1 Å². The summed E-state index contributed by atoms with van der Waals surface area (Å²) in [5.74, 6) is -6.29. The van der Waals surface area contributed by atoms with Gasteiger partial charge in [0.25, 0.3) is 24.2 Å². The molecule has 2 fully saturated rings. The Morgan fingerprint density at radius 3 is 2.36 bits per heavy atom. The molecule has 1 aliphatic heterocycles. The second-order valence-corrected chi connectivity index (χ2v) is 12.3. The average Bonchev–Trinajstić information content (AvgIpc) is 3.52. The predicted octanol–water partition coefficient (Wildman–Crippen LogP) is 5.65. The molecule has 2 aliphatic rings. The number of likely N-dealkylation sites (tertiary alicyclic amines) is 1. The van der Waals surface area contributed by atoms with Crippen molar-refractivity contribution in [2.24, 2.45) is 5.92 Å². The molecular weight excluding hydrogens is 595 g/mol. The van der Waals surface area contributed by atoms with Crippen molar-refractivity contribution in [2.75, 3.05) is 11.9 Å². The summed E-state index contributed by atoms with van der Waals surface area (Å²) in [6, 6.07) is -3.01. The van der Waals surface area contributed by atoms with Crippen molar-refractivity contribution < 1.29 is 45.4 Å². The van der Waals surface area contributed by atoms with Crippen LogP contribution in [-0.4, -0.2) is 74.2 Å². The summed E-state index contributed by atoms with van der Waals surface area (Å²) < 4.78 is 97.4. The lowest BCUT2D eigenvalue weighted by Crippen LogP contribution is -2.47. The van der Waals surface area contributed by atoms with Crippen molar-refractivity contribution in [3.63, 3.8) is 0 Å². The molecule has 4 rings (SSSR count). The van der Waals surface area contributed by atoms with Crippen LogP contribution >= 0.6 is 11.3 Å². The number of amides is 2. The van der Waals surface area contributed by atoms with E-state index in [-0.39, 0.29) is 15.4 Å². The van der Waals surface area contributed by atoms with Gasteiger partial charge in [-0.1, -0.05) is 0 Å². The fourth-order valence-electron chi connectivity index (χ4n) is 4.58. The predicted molar refractivity (Wildman–Crippen MR) is 140 cm³/mol. The topological polar surface area (TPSA) is 107 Å². The number of nitrogens with zero attached hydrogens (tertiary/aromatic N) is 3. The Bertz CT molecular complexity index is 1340. The zero-order chi connectivity index (χ0) is 31.4. The normalized spacial score (nSPS) is 20.5. The molecular formula is C26H30F7N5O3S. The number of anilines is 1. The molecule has 42 heavy (non-hydrogen) atoms. The van der Waals surface area contributed by atoms with Gasteiger partial charge in [0.15, 0.2) is 5.01 Å². The van der Waals surface area contributed by atoms with Crippen molar-refractivity contribution in [1.29, 1.82) is 0 Å². The maximum Gasteiger partial charge on any atom is 0.408 e. The third-order valence-electron chi connectivity index (χ3n) is 7.39. The van der Waals surface area contributed by atoms with E-state index in [2.05, 4.69) is 20.6 Å². The molecule has 3 N–H and O–H groups in total. The third kappa shape index (κ3) is 6.96. The number of nitrogens with one attached hydrogen (secondary N) is 2. The molecule has 0 bridgehead atoms. The maximum atomic E-state index is 14.3. The first-order chi connectivity index (χ1) is 19.3. The molecule has 232 valence electrons. The number of hydrogen-bond acceptors (Lipinski definition) is 7. The Labute approximate surface area is 240 Å². The van der Waals surface area contributed by atoms with E-state index in [1.807, 2.05) is 0 Å². The molecule has 8 nitrogen and oxygen atoms in total. The first kappa shape index (κ1) is 31.9. The lowest BCUT2D eigenvalue weighted by molar-refractivity contribution is -0.146. The van der Waals surface area contributed by atoms with E-state index in [1.54, 1.807) is 0 Å². The minimum Gasteiger partial charge on any atom is -0.388 e. The largest absolute Gasteiger partial charge is 0.408 e. The molecule has 0 radical (unpaired) electrons. The number of alkyl halides is 7. The highest BCUT2D eigenvalue weighted by atomic mass is 32.1. The highest BCUT2D eigenvalue weighted by Gasteiger charge is 2.49. The van der Waals surface area contributed by atoms with Gasteiger partial charge in [-0.15, -0.1) is 11.3 Å². The summed E-state index contributed by atoms with van der Waals surface area (Å²) in [6.07, 6.45) is -7.07. The number of carbonyl (C=O) groups is 2. The molecule has 1 saturated carbocycles. The van der Waals surface area contributed by atoms with E-state index in [0.717, 1.165) is 17.2 Å². The standard InChI is InChI=1S/C26H30F7N5O3S/c1-11-8-25(29,30)10-38(11)23(40)17-18(42-22(37-17)21(39)35-12(2)24(3,4)41)15-9-34-16(7-14(15)20(27)28)36-19(13-5-6-13)26(31,32)33/h7,9,11-13,19-20,41H,5-6,8,10H2,1-4H3,(H,34,36)(H,35,39)/t11-,12-,19-/m0/s1. The summed E-state index contributed by atoms with van der Waals surface area (Å²) in [7, 11) is 0. The third-order valence-corrected chi connectivity index (χ3v) is 8.47. The SMILES string of the molecule is C[C@H](NC(=O)c1nc(C(=O)N2CC(F)(F)C[C@@H]2C)c(-c2cnc(N[C@@H](C3CC3)C(F)(F)F)cc2C(F)F)s1)C(C)(C)O. The number of aromatic nitrogens is 2. The molecule has 1 aliphatic carbocycles. The van der Waals surface area contributed by atoms with Crippen LogP contribution in [0.15, 0.2) is 12.3 Å². The van der Waals surface area contributed by atoms with Crippen LogP contribution < -0.4 is 10.6 Å². The number of hydrogen-bond donors (Lipinski definition) is 3. The Morgan fingerprint density at radius 2 is 1.86 bits per heavy atom. The average molecular weight is 626 g/mol. The van der Waals surface area contributed by atoms with Gasteiger partial charge in [-0.25, -0.2) is 27.5 Å². The van der Waals surface area contributed by atoms with Crippen molar-refractivity contribution in [3.05, 3.63) is 28.5 Å². The first-order valence-electron chi connectivity index (χ1n) is 13.1. The van der Waals surface area contributed by atoms with Gasteiger partial charge in [-0.05, 0) is 52.5 Å². The van der Waals surface area contributed by atoms with Crippen LogP contribution in [0.4, 0.5) is 36.6 Å². The molecule has 0 aromatic carbocycles. The lowest BCUT2D eigenvalue weighted by atomic mass is 10.0. The zero-order valence-corrected chi connectivity index (χ0v) is 23.8. The fourth-order valence-corrected chi connectivity index (χ4v) is 5.57. The first-order valence-corrected chi connectivity index (χ1v) is 13.9. The Hall–Kier alpha value is -3.01. The Morgan fingerprint density at radius 1 is 1.21 bits per heavy atom. The molecule has 0 spiro atoms. The van der Waals surface area contributed by atoms with Crippen LogP contribution in [0.3, 0.4) is 0 Å². The molecule has 1 saturated heterocycles. The second-order valence-electron chi connectivity index (χ2n) is 11.3. The zero-order valence-electron chi connectivity index (χ0n) is 23.0. The smallest absolute Gasteiger partial charge is 0.388 e. The summed E-state index contributed by atoms with van der Waals surface area (Å²) in [4.78, 5) is 34.9. The highest BCUT2D eigenvalue weighted by molar-refractivity contribution is 7.17. The van der Waals surface area contributed by atoms with Crippen LogP contribution in [0, 0.1) is 5.92 Å². The van der Waals surface area contributed by atoms with Gasteiger partial charge < -0.3 is 20.6 Å². The number of halogens is 7. The van der Waals surface area contributed by atoms with E-state index < -0.39 is 90.0 Å². The summed E-state index contributed by atoms with van der Waals surface area (Å²) in [5.41, 5.74) is -3.10. The van der Waals surface area contributed by atoms with Crippen LogP contribution in [0.25, 0.3) is 10.4 Å². The van der Waals surface area contributed by atoms with Gasteiger partial charge in [0.1, 0.15) is 17.6 Å². The summed E-state index contributed by atoms with van der Waals surface area (Å²) >= 11 is 0.519. The van der Waals surface area contributed by atoms with Crippen molar-refractivity contribution in [1.82, 2.24) is 20.2 Å². The van der Waals surface area contributed by atoms with Gasteiger partial charge in [0, 0.05) is 29.8 Å². The minimum atomic E-state index is -4.65. The maximum absolute atomic E-state index is 14.3. The Kier molecular flexibility index (Phi) is 8.54. The molecule has 2 aromatic rings. The van der Waals surface area contributed by atoms with E-state index in [9.17, 15) is 45.4 Å². The number of carbonyl (C=O) groups excluding carboxylic acids is 2. The van der Waals surface area contributed by atoms with Gasteiger partial charge in [0.2, 0.25) is 0 Å². The molecule has 3 atom stereocenters. The molecule has 3 heterocycles. The van der Waals surface area contributed by atoms with Crippen molar-refractivity contribution in [2.45, 2.75) is 89.2 Å².